The van der Waals surface area contributed by atoms with E-state index in [-0.39, 0.29) is 0 Å². The molecule has 6 heteroatoms. The van der Waals surface area contributed by atoms with Crippen molar-refractivity contribution in [1.82, 2.24) is 14.8 Å². The van der Waals surface area contributed by atoms with E-state index in [1.54, 1.807) is 0 Å². The Balaban J connectivity index is 1.53. The van der Waals surface area contributed by atoms with E-state index in [4.69, 9.17) is 21.4 Å². The molecule has 0 bridgehead atoms. The van der Waals surface area contributed by atoms with Crippen LogP contribution in [0.5, 0.6) is 5.75 Å². The summed E-state index contributed by atoms with van der Waals surface area (Å²) in [5.41, 5.74) is 2.39. The topological polar surface area (TPSA) is 56.0 Å². The first-order valence-electron chi connectivity index (χ1n) is 9.02. The first-order valence-corrected chi connectivity index (χ1v) is 9.43. The van der Waals surface area contributed by atoms with Gasteiger partial charge in [0.25, 0.3) is 0 Å². The summed E-state index contributed by atoms with van der Waals surface area (Å²) in [4.78, 5) is 0. The van der Waals surface area contributed by atoms with Gasteiger partial charge in [0.1, 0.15) is 18.1 Å². The number of furan rings is 1. The average Bonchev–Trinajstić information content (AvgIpc) is 3.20. The second-order valence-corrected chi connectivity index (χ2v) is 7.59. The van der Waals surface area contributed by atoms with Crippen LogP contribution in [-0.4, -0.2) is 14.8 Å². The Kier molecular flexibility index (Phi) is 4.44. The highest BCUT2D eigenvalue weighted by Crippen LogP contribution is 2.38. The zero-order valence-electron chi connectivity index (χ0n) is 15.3. The Morgan fingerprint density at radius 2 is 2.12 bits per heavy atom. The van der Waals surface area contributed by atoms with E-state index in [1.165, 1.54) is 11.1 Å². The van der Waals surface area contributed by atoms with Gasteiger partial charge < -0.3 is 9.15 Å². The minimum atomic E-state index is 0.387. The lowest BCUT2D eigenvalue weighted by molar-refractivity contribution is 0.268. The van der Waals surface area contributed by atoms with Crippen LogP contribution in [0.4, 0.5) is 0 Å². The molecule has 0 aliphatic heterocycles. The number of aromatic amines is 1. The molecule has 1 N–H and O–H groups in total. The maximum atomic E-state index is 6.06. The lowest BCUT2D eigenvalue weighted by atomic mass is 10.0. The van der Waals surface area contributed by atoms with Crippen LogP contribution in [-0.2, 0) is 6.61 Å². The lowest BCUT2D eigenvalue weighted by Crippen LogP contribution is -2.00. The van der Waals surface area contributed by atoms with E-state index in [1.807, 2.05) is 12.1 Å². The molecule has 2 heterocycles. The molecule has 26 heavy (non-hydrogen) atoms. The molecule has 0 atom stereocenters. The molecule has 0 amide bonds. The zero-order valence-corrected chi connectivity index (χ0v) is 16.1. The minimum absolute atomic E-state index is 0.387. The Morgan fingerprint density at radius 3 is 2.85 bits per heavy atom. The van der Waals surface area contributed by atoms with Gasteiger partial charge in [-0.1, -0.05) is 26.0 Å². The van der Waals surface area contributed by atoms with Crippen LogP contribution >= 0.6 is 12.2 Å². The fraction of sp³-hybridized carbons (Fsp3) is 0.400. The molecule has 1 aliphatic rings. The third-order valence-electron chi connectivity index (χ3n) is 4.66. The van der Waals surface area contributed by atoms with Gasteiger partial charge in [0.05, 0.1) is 0 Å². The van der Waals surface area contributed by atoms with Gasteiger partial charge in [-0.05, 0) is 67.2 Å². The standard InChI is InChI=1S/C20H23N3O2S/c1-12(2)16-8-4-13(3)10-18(16)24-11-15-7-9-17(25-15)19-21-22-20(26)23(19)14-5-6-14/h4,7-10,12,14H,5-6,11H2,1-3H3,(H,22,26). The van der Waals surface area contributed by atoms with Crippen LogP contribution in [0.25, 0.3) is 11.6 Å². The number of aryl methyl sites for hydroxylation is 1. The van der Waals surface area contributed by atoms with Gasteiger partial charge in [0.2, 0.25) is 0 Å². The van der Waals surface area contributed by atoms with Crippen molar-refractivity contribution in [3.05, 3.63) is 52.0 Å². The number of benzene rings is 1. The normalized spacial score (nSPS) is 14.2. The van der Waals surface area contributed by atoms with Crippen LogP contribution < -0.4 is 4.74 Å². The third kappa shape index (κ3) is 3.33. The largest absolute Gasteiger partial charge is 0.485 e. The molecule has 1 aliphatic carbocycles. The highest BCUT2D eigenvalue weighted by molar-refractivity contribution is 7.71. The number of hydrogen-bond acceptors (Lipinski definition) is 4. The molecule has 0 saturated heterocycles. The number of nitrogens with zero attached hydrogens (tertiary/aromatic N) is 2. The Hall–Kier alpha value is -2.34. The molecule has 0 radical (unpaired) electrons. The first-order chi connectivity index (χ1) is 12.5. The van der Waals surface area contributed by atoms with Crippen molar-refractivity contribution in [2.75, 3.05) is 0 Å². The van der Waals surface area contributed by atoms with Crippen molar-refractivity contribution in [2.24, 2.45) is 0 Å². The van der Waals surface area contributed by atoms with E-state index < -0.39 is 0 Å². The molecular formula is C20H23N3O2S. The summed E-state index contributed by atoms with van der Waals surface area (Å²) < 4.78 is 14.7. The second kappa shape index (κ2) is 6.76. The first kappa shape index (κ1) is 17.1. The molecule has 136 valence electrons. The molecule has 1 saturated carbocycles. The summed E-state index contributed by atoms with van der Waals surface area (Å²) in [5.74, 6) is 3.58. The average molecular weight is 369 g/mol. The smallest absolute Gasteiger partial charge is 0.198 e. The van der Waals surface area contributed by atoms with Gasteiger partial charge in [-0.25, -0.2) is 0 Å². The van der Waals surface area contributed by atoms with E-state index in [0.717, 1.165) is 35.9 Å². The zero-order chi connectivity index (χ0) is 18.3. The minimum Gasteiger partial charge on any atom is -0.485 e. The molecule has 1 aromatic carbocycles. The van der Waals surface area contributed by atoms with E-state index in [2.05, 4.69) is 53.7 Å². The predicted molar refractivity (Wildman–Crippen MR) is 103 cm³/mol. The fourth-order valence-electron chi connectivity index (χ4n) is 3.12. The van der Waals surface area contributed by atoms with Crippen molar-refractivity contribution >= 4 is 12.2 Å². The lowest BCUT2D eigenvalue weighted by Gasteiger charge is -2.14. The number of H-pyrrole nitrogens is 1. The number of rotatable bonds is 6. The quantitative estimate of drug-likeness (QED) is 0.579. The van der Waals surface area contributed by atoms with Crippen molar-refractivity contribution < 1.29 is 9.15 Å². The second-order valence-electron chi connectivity index (χ2n) is 7.20. The molecule has 2 aromatic heterocycles. The van der Waals surface area contributed by atoms with Gasteiger partial charge in [-0.15, -0.1) is 0 Å². The molecule has 3 aromatic rings. The molecule has 5 nitrogen and oxygen atoms in total. The van der Waals surface area contributed by atoms with Gasteiger partial charge in [-0.2, -0.15) is 5.10 Å². The number of hydrogen-bond donors (Lipinski definition) is 1. The van der Waals surface area contributed by atoms with Gasteiger partial charge in [-0.3, -0.25) is 9.67 Å². The Bertz CT molecular complexity index is 979. The molecule has 1 fully saturated rings. The van der Waals surface area contributed by atoms with E-state index in [9.17, 15) is 0 Å². The highest BCUT2D eigenvalue weighted by Gasteiger charge is 2.28. The number of nitrogens with one attached hydrogen (secondary N) is 1. The van der Waals surface area contributed by atoms with Gasteiger partial charge in [0.15, 0.2) is 16.4 Å². The fourth-order valence-corrected chi connectivity index (χ4v) is 3.40. The molecule has 0 spiro atoms. The van der Waals surface area contributed by atoms with Crippen LogP contribution in [0.1, 0.15) is 55.5 Å². The SMILES string of the molecule is Cc1ccc(C(C)C)c(OCc2ccc(-c3n[nH]c(=S)n3C3CC3)o2)c1. The highest BCUT2D eigenvalue weighted by atomic mass is 32.1. The van der Waals surface area contributed by atoms with Crippen LogP contribution in [0.15, 0.2) is 34.7 Å². The predicted octanol–water partition coefficient (Wildman–Crippen LogP) is 5.55. The molecule has 0 unspecified atom stereocenters. The monoisotopic (exact) mass is 369 g/mol. The number of aromatic nitrogens is 3. The summed E-state index contributed by atoms with van der Waals surface area (Å²) >= 11 is 5.34. The Labute approximate surface area is 158 Å². The summed E-state index contributed by atoms with van der Waals surface area (Å²) in [6.45, 7) is 6.80. The summed E-state index contributed by atoms with van der Waals surface area (Å²) in [6, 6.07) is 10.7. The Morgan fingerprint density at radius 1 is 1.31 bits per heavy atom. The molecular weight excluding hydrogens is 346 g/mol. The maximum Gasteiger partial charge on any atom is 0.198 e. The van der Waals surface area contributed by atoms with Crippen molar-refractivity contribution in [1.29, 1.82) is 0 Å². The third-order valence-corrected chi connectivity index (χ3v) is 4.95. The maximum absolute atomic E-state index is 6.06. The van der Waals surface area contributed by atoms with Crippen LogP contribution in [0.3, 0.4) is 0 Å². The molecule has 4 rings (SSSR count). The van der Waals surface area contributed by atoms with Crippen LogP contribution in [0, 0.1) is 11.7 Å². The van der Waals surface area contributed by atoms with E-state index in [0.29, 0.717) is 23.3 Å². The summed E-state index contributed by atoms with van der Waals surface area (Å²) in [5, 5.41) is 7.21. The summed E-state index contributed by atoms with van der Waals surface area (Å²) in [7, 11) is 0. The van der Waals surface area contributed by atoms with Gasteiger partial charge in [0, 0.05) is 6.04 Å². The van der Waals surface area contributed by atoms with E-state index >= 15 is 0 Å². The van der Waals surface area contributed by atoms with Gasteiger partial charge >= 0.3 is 0 Å². The van der Waals surface area contributed by atoms with Crippen LogP contribution in [0.2, 0.25) is 0 Å². The van der Waals surface area contributed by atoms with Crippen molar-refractivity contribution in [2.45, 2.75) is 52.2 Å². The van der Waals surface area contributed by atoms with Crippen molar-refractivity contribution in [3.63, 3.8) is 0 Å². The number of ether oxygens (including phenoxy) is 1. The van der Waals surface area contributed by atoms with Crippen molar-refractivity contribution in [3.8, 4) is 17.3 Å². The summed E-state index contributed by atoms with van der Waals surface area (Å²) in [6.07, 6.45) is 2.28.